The van der Waals surface area contributed by atoms with Gasteiger partial charge in [0.1, 0.15) is 11.3 Å². The second kappa shape index (κ2) is 10.6. The summed E-state index contributed by atoms with van der Waals surface area (Å²) in [4.78, 5) is 22.9. The summed E-state index contributed by atoms with van der Waals surface area (Å²) in [6.45, 7) is 2.25. The van der Waals surface area contributed by atoms with Crippen molar-refractivity contribution in [1.29, 1.82) is 0 Å². The number of furan rings is 1. The van der Waals surface area contributed by atoms with Gasteiger partial charge in [-0.05, 0) is 49.1 Å². The van der Waals surface area contributed by atoms with Crippen molar-refractivity contribution in [2.75, 3.05) is 11.9 Å². The van der Waals surface area contributed by atoms with E-state index in [2.05, 4.69) is 29.7 Å². The number of carboxylic acid groups (broad SMARTS) is 1. The monoisotopic (exact) mass is 448 g/mol. The molecule has 3 aromatic rings. The summed E-state index contributed by atoms with van der Waals surface area (Å²) >= 11 is 0. The first-order chi connectivity index (χ1) is 16.1. The molecular formula is C27H32N2O4. The highest BCUT2D eigenvalue weighted by Gasteiger charge is 2.30. The fraction of sp³-hybridized carbons (Fsp3) is 0.407. The Morgan fingerprint density at radius 1 is 1.06 bits per heavy atom. The number of anilines is 1. The summed E-state index contributed by atoms with van der Waals surface area (Å²) in [6, 6.07) is 15.8. The molecule has 0 spiro atoms. The number of nitrogens with one attached hydrogen (secondary N) is 2. The highest BCUT2D eigenvalue weighted by Crippen LogP contribution is 2.42. The smallest absolute Gasteiger partial charge is 0.305 e. The van der Waals surface area contributed by atoms with Crippen LogP contribution < -0.4 is 10.6 Å². The van der Waals surface area contributed by atoms with Crippen molar-refractivity contribution in [2.45, 2.75) is 57.9 Å². The highest BCUT2D eigenvalue weighted by atomic mass is 16.4. The quantitative estimate of drug-likeness (QED) is 0.377. The Kier molecular flexibility index (Phi) is 7.33. The molecule has 0 radical (unpaired) electrons. The van der Waals surface area contributed by atoms with Crippen LogP contribution in [0, 0.1) is 5.92 Å². The van der Waals surface area contributed by atoms with Gasteiger partial charge < -0.3 is 20.2 Å². The number of carbonyl (C=O) groups is 2. The van der Waals surface area contributed by atoms with Crippen molar-refractivity contribution >= 4 is 28.5 Å². The Hall–Kier alpha value is -3.28. The fourth-order valence-electron chi connectivity index (χ4n) is 4.90. The largest absolute Gasteiger partial charge is 0.481 e. The average molecular weight is 449 g/mol. The summed E-state index contributed by atoms with van der Waals surface area (Å²) in [6.07, 6.45) is 6.90. The minimum absolute atomic E-state index is 0.0904. The molecule has 174 valence electrons. The Morgan fingerprint density at radius 3 is 2.48 bits per heavy atom. The number of hydrogen-bond acceptors (Lipinski definition) is 4. The van der Waals surface area contributed by atoms with E-state index in [1.54, 1.807) is 12.1 Å². The molecule has 1 unspecified atom stereocenters. The molecule has 1 saturated carbocycles. The third-order valence-electron chi connectivity index (χ3n) is 6.56. The highest BCUT2D eigenvalue weighted by molar-refractivity contribution is 5.94. The van der Waals surface area contributed by atoms with Crippen molar-refractivity contribution in [1.82, 2.24) is 5.32 Å². The number of para-hydroxylation sites is 1. The number of fused-ring (bicyclic) bond motifs is 1. The van der Waals surface area contributed by atoms with Crippen molar-refractivity contribution in [3.05, 3.63) is 65.4 Å². The van der Waals surface area contributed by atoms with Gasteiger partial charge in [-0.3, -0.25) is 9.59 Å². The molecule has 1 aliphatic carbocycles. The van der Waals surface area contributed by atoms with E-state index in [4.69, 9.17) is 9.52 Å². The molecule has 1 heterocycles. The zero-order chi connectivity index (χ0) is 23.2. The SMILES string of the molecule is CCc1oc2ccccc2c1C(Nc1ccc(C(=O)NCCC(=O)O)cc1)C1CCCCC1. The molecule has 0 aliphatic heterocycles. The van der Waals surface area contributed by atoms with Crippen LogP contribution in [0.1, 0.15) is 73.2 Å². The minimum Gasteiger partial charge on any atom is -0.481 e. The van der Waals surface area contributed by atoms with Crippen LogP contribution in [0.25, 0.3) is 11.0 Å². The topological polar surface area (TPSA) is 91.6 Å². The minimum atomic E-state index is -0.929. The number of rotatable bonds is 9. The van der Waals surface area contributed by atoms with Gasteiger partial charge in [0.15, 0.2) is 0 Å². The average Bonchev–Trinajstić information content (AvgIpc) is 3.21. The maximum absolute atomic E-state index is 12.3. The second-order valence-corrected chi connectivity index (χ2v) is 8.79. The lowest BCUT2D eigenvalue weighted by Gasteiger charge is -2.32. The third-order valence-corrected chi connectivity index (χ3v) is 6.56. The molecule has 4 rings (SSSR count). The van der Waals surface area contributed by atoms with Crippen LogP contribution in [0.2, 0.25) is 0 Å². The van der Waals surface area contributed by atoms with Gasteiger partial charge in [0.2, 0.25) is 0 Å². The van der Waals surface area contributed by atoms with E-state index in [1.165, 1.54) is 43.1 Å². The third kappa shape index (κ3) is 5.38. The Labute approximate surface area is 194 Å². The van der Waals surface area contributed by atoms with Crippen LogP contribution in [-0.2, 0) is 11.2 Å². The normalized spacial score (nSPS) is 15.3. The second-order valence-electron chi connectivity index (χ2n) is 8.79. The maximum atomic E-state index is 12.3. The van der Waals surface area contributed by atoms with E-state index in [-0.39, 0.29) is 24.9 Å². The van der Waals surface area contributed by atoms with Crippen molar-refractivity contribution in [2.24, 2.45) is 5.92 Å². The van der Waals surface area contributed by atoms with Gasteiger partial charge in [-0.2, -0.15) is 0 Å². The Morgan fingerprint density at radius 2 is 1.79 bits per heavy atom. The van der Waals surface area contributed by atoms with Gasteiger partial charge in [0.05, 0.1) is 12.5 Å². The molecule has 3 N–H and O–H groups in total. The zero-order valence-corrected chi connectivity index (χ0v) is 19.1. The van der Waals surface area contributed by atoms with Gasteiger partial charge in [0.25, 0.3) is 5.91 Å². The van der Waals surface area contributed by atoms with E-state index < -0.39 is 5.97 Å². The first kappa shape index (κ1) is 22.9. The predicted molar refractivity (Wildman–Crippen MR) is 130 cm³/mol. The molecule has 2 aromatic carbocycles. The molecular weight excluding hydrogens is 416 g/mol. The molecule has 1 aliphatic rings. The molecule has 1 atom stereocenters. The van der Waals surface area contributed by atoms with E-state index in [0.29, 0.717) is 11.5 Å². The number of aliphatic carboxylic acids is 1. The number of hydrogen-bond donors (Lipinski definition) is 3. The molecule has 1 aromatic heterocycles. The van der Waals surface area contributed by atoms with E-state index >= 15 is 0 Å². The lowest BCUT2D eigenvalue weighted by atomic mass is 9.80. The van der Waals surface area contributed by atoms with Crippen molar-refractivity contribution < 1.29 is 19.1 Å². The molecule has 1 amide bonds. The Bertz CT molecular complexity index is 1100. The van der Waals surface area contributed by atoms with Gasteiger partial charge in [-0.15, -0.1) is 0 Å². The first-order valence-electron chi connectivity index (χ1n) is 11.9. The molecule has 6 heteroatoms. The molecule has 1 fully saturated rings. The van der Waals surface area contributed by atoms with Crippen LogP contribution in [0.5, 0.6) is 0 Å². The van der Waals surface area contributed by atoms with E-state index in [1.807, 2.05) is 24.3 Å². The number of carbonyl (C=O) groups excluding carboxylic acids is 1. The predicted octanol–water partition coefficient (Wildman–Crippen LogP) is 5.93. The number of carboxylic acids is 1. The first-order valence-corrected chi connectivity index (χ1v) is 11.9. The van der Waals surface area contributed by atoms with Crippen LogP contribution in [0.4, 0.5) is 5.69 Å². The van der Waals surface area contributed by atoms with Crippen molar-refractivity contribution in [3.63, 3.8) is 0 Å². The lowest BCUT2D eigenvalue weighted by molar-refractivity contribution is -0.136. The zero-order valence-electron chi connectivity index (χ0n) is 19.1. The van der Waals surface area contributed by atoms with Gasteiger partial charge in [-0.1, -0.05) is 44.4 Å². The van der Waals surface area contributed by atoms with E-state index in [9.17, 15) is 9.59 Å². The number of amides is 1. The van der Waals surface area contributed by atoms with Crippen LogP contribution in [0.3, 0.4) is 0 Å². The standard InChI is InChI=1S/C27H32N2O4/c1-2-22-25(21-10-6-7-11-23(21)33-22)26(18-8-4-3-5-9-18)29-20-14-12-19(13-15-20)27(32)28-17-16-24(30)31/h6-7,10-15,18,26,29H,2-5,8-9,16-17H2,1H3,(H,28,32)(H,30,31). The molecule has 33 heavy (non-hydrogen) atoms. The van der Waals surface area contributed by atoms with Gasteiger partial charge in [-0.25, -0.2) is 0 Å². The Balaban J connectivity index is 1.58. The van der Waals surface area contributed by atoms with Crippen LogP contribution in [0.15, 0.2) is 52.9 Å². The van der Waals surface area contributed by atoms with Gasteiger partial charge in [0, 0.05) is 35.2 Å². The van der Waals surface area contributed by atoms with E-state index in [0.717, 1.165) is 23.5 Å². The molecule has 0 bridgehead atoms. The maximum Gasteiger partial charge on any atom is 0.305 e. The van der Waals surface area contributed by atoms with Crippen LogP contribution in [-0.4, -0.2) is 23.5 Å². The fourth-order valence-corrected chi connectivity index (χ4v) is 4.90. The molecule has 6 nitrogen and oxygen atoms in total. The summed E-state index contributed by atoms with van der Waals surface area (Å²) in [5.41, 5.74) is 3.67. The summed E-state index contributed by atoms with van der Waals surface area (Å²) < 4.78 is 6.23. The number of aryl methyl sites for hydroxylation is 1. The van der Waals surface area contributed by atoms with Crippen LogP contribution >= 0.6 is 0 Å². The van der Waals surface area contributed by atoms with Gasteiger partial charge >= 0.3 is 5.97 Å². The summed E-state index contributed by atoms with van der Waals surface area (Å²) in [5.74, 6) is 0.361. The lowest BCUT2D eigenvalue weighted by Crippen LogP contribution is -2.26. The summed E-state index contributed by atoms with van der Waals surface area (Å²) in [5, 5.41) is 16.3. The molecule has 0 saturated heterocycles. The summed E-state index contributed by atoms with van der Waals surface area (Å²) in [7, 11) is 0. The van der Waals surface area contributed by atoms with Crippen molar-refractivity contribution in [3.8, 4) is 0 Å². The number of benzene rings is 2.